The molecule has 1 aliphatic heterocycles. The minimum absolute atomic E-state index is 0.210. The highest BCUT2D eigenvalue weighted by molar-refractivity contribution is 5.24. The highest BCUT2D eigenvalue weighted by Crippen LogP contribution is 2.14. The predicted molar refractivity (Wildman–Crippen MR) is 108 cm³/mol. The molecular formula is C21H22N6O2. The van der Waals surface area contributed by atoms with Gasteiger partial charge in [0.1, 0.15) is 6.33 Å². The molecule has 0 radical (unpaired) electrons. The zero-order valence-corrected chi connectivity index (χ0v) is 16.5. The molecule has 4 rings (SSSR count). The Hall–Kier alpha value is -3.44. The van der Waals surface area contributed by atoms with Crippen molar-refractivity contribution in [3.05, 3.63) is 80.1 Å². The predicted octanol–water partition coefficient (Wildman–Crippen LogP) is 0.134. The Morgan fingerprint density at radius 1 is 1.14 bits per heavy atom. The zero-order chi connectivity index (χ0) is 20.4. The Morgan fingerprint density at radius 3 is 2.66 bits per heavy atom. The summed E-state index contributed by atoms with van der Waals surface area (Å²) in [5.74, 6) is 6.71. The van der Waals surface area contributed by atoms with Crippen molar-refractivity contribution in [2.45, 2.75) is 19.5 Å². The lowest BCUT2D eigenvalue weighted by Crippen LogP contribution is -2.47. The number of aromatic nitrogens is 5. The van der Waals surface area contributed by atoms with Gasteiger partial charge in [-0.25, -0.2) is 4.79 Å². The summed E-state index contributed by atoms with van der Waals surface area (Å²) in [6, 6.07) is 9.55. The first-order valence-corrected chi connectivity index (χ1v) is 9.45. The molecule has 2 aromatic heterocycles. The molecule has 1 aromatic carbocycles. The van der Waals surface area contributed by atoms with Crippen LogP contribution in [0, 0.1) is 11.8 Å². The average Bonchev–Trinajstić information content (AvgIpc) is 3.15. The molecule has 0 unspecified atom stereocenters. The van der Waals surface area contributed by atoms with E-state index in [0.717, 1.165) is 17.8 Å². The fourth-order valence-corrected chi connectivity index (χ4v) is 3.58. The molecule has 8 heteroatoms. The molecule has 0 amide bonds. The standard InChI is InChI=1S/C21H22N6O2/c1-24-15-22-23-19(24)9-6-11-26-12-10-18-17(14-26)20(28)27(21(29)25(18)2)13-16-7-4-3-5-8-16/h3-5,7-8,15H,10-14H2,1-2H3. The van der Waals surface area contributed by atoms with Gasteiger partial charge in [0.05, 0.1) is 18.7 Å². The Labute approximate surface area is 168 Å². The first-order valence-electron chi connectivity index (χ1n) is 9.45. The molecule has 0 saturated heterocycles. The highest BCUT2D eigenvalue weighted by atomic mass is 16.2. The number of benzene rings is 1. The van der Waals surface area contributed by atoms with Crippen molar-refractivity contribution in [1.82, 2.24) is 28.8 Å². The number of fused-ring (bicyclic) bond motifs is 1. The van der Waals surface area contributed by atoms with Gasteiger partial charge in [-0.2, -0.15) is 0 Å². The minimum Gasteiger partial charge on any atom is -0.310 e. The number of hydrogen-bond donors (Lipinski definition) is 0. The summed E-state index contributed by atoms with van der Waals surface area (Å²) in [7, 11) is 3.59. The SMILES string of the molecule is Cn1cnnc1C#CCN1CCc2c(c(=O)n(Cc3ccccc3)c(=O)n2C)C1. The second-order valence-corrected chi connectivity index (χ2v) is 7.17. The van der Waals surface area contributed by atoms with Crippen LogP contribution < -0.4 is 11.2 Å². The van der Waals surface area contributed by atoms with Crippen LogP contribution >= 0.6 is 0 Å². The maximum Gasteiger partial charge on any atom is 0.331 e. The van der Waals surface area contributed by atoms with Crippen molar-refractivity contribution in [3.63, 3.8) is 0 Å². The van der Waals surface area contributed by atoms with Gasteiger partial charge in [-0.15, -0.1) is 10.2 Å². The number of rotatable bonds is 3. The second kappa shape index (κ2) is 7.89. The normalized spacial score (nSPS) is 13.6. The van der Waals surface area contributed by atoms with E-state index in [1.165, 1.54) is 4.57 Å². The van der Waals surface area contributed by atoms with Gasteiger partial charge < -0.3 is 9.13 Å². The van der Waals surface area contributed by atoms with Crippen LogP contribution in [-0.2, 0) is 33.6 Å². The summed E-state index contributed by atoms with van der Waals surface area (Å²) < 4.78 is 4.70. The number of hydrogen-bond acceptors (Lipinski definition) is 5. The molecule has 0 spiro atoms. The van der Waals surface area contributed by atoms with Gasteiger partial charge in [-0.1, -0.05) is 36.3 Å². The van der Waals surface area contributed by atoms with E-state index in [4.69, 9.17) is 0 Å². The molecule has 1 aliphatic rings. The van der Waals surface area contributed by atoms with E-state index in [0.29, 0.717) is 30.9 Å². The van der Waals surface area contributed by atoms with Crippen LogP contribution in [0.3, 0.4) is 0 Å². The maximum absolute atomic E-state index is 13.1. The summed E-state index contributed by atoms with van der Waals surface area (Å²) in [5.41, 5.74) is 1.94. The van der Waals surface area contributed by atoms with Gasteiger partial charge in [0.25, 0.3) is 5.56 Å². The third-order valence-corrected chi connectivity index (χ3v) is 5.22. The van der Waals surface area contributed by atoms with Crippen LogP contribution in [0.2, 0.25) is 0 Å². The molecule has 0 atom stereocenters. The van der Waals surface area contributed by atoms with E-state index in [2.05, 4.69) is 26.9 Å². The highest BCUT2D eigenvalue weighted by Gasteiger charge is 2.23. The molecule has 0 bridgehead atoms. The third kappa shape index (κ3) is 3.77. The van der Waals surface area contributed by atoms with Crippen LogP contribution in [0.5, 0.6) is 0 Å². The van der Waals surface area contributed by atoms with Gasteiger partial charge >= 0.3 is 5.69 Å². The van der Waals surface area contributed by atoms with Gasteiger partial charge in [-0.05, 0) is 11.5 Å². The summed E-state index contributed by atoms with van der Waals surface area (Å²) >= 11 is 0. The van der Waals surface area contributed by atoms with Crippen molar-refractivity contribution in [3.8, 4) is 11.8 Å². The quantitative estimate of drug-likeness (QED) is 0.595. The van der Waals surface area contributed by atoms with Crippen molar-refractivity contribution < 1.29 is 0 Å². The van der Waals surface area contributed by atoms with Crippen LogP contribution in [0.4, 0.5) is 0 Å². The third-order valence-electron chi connectivity index (χ3n) is 5.22. The van der Waals surface area contributed by atoms with E-state index >= 15 is 0 Å². The molecule has 3 aromatic rings. The van der Waals surface area contributed by atoms with E-state index in [-0.39, 0.29) is 17.8 Å². The lowest BCUT2D eigenvalue weighted by Gasteiger charge is -2.28. The molecule has 29 heavy (non-hydrogen) atoms. The van der Waals surface area contributed by atoms with Crippen LogP contribution in [0.25, 0.3) is 0 Å². The molecule has 148 valence electrons. The first kappa shape index (κ1) is 18.9. The van der Waals surface area contributed by atoms with Crippen LogP contribution in [0.15, 0.2) is 46.2 Å². The summed E-state index contributed by atoms with van der Waals surface area (Å²) in [4.78, 5) is 28.0. The molecule has 0 fully saturated rings. The van der Waals surface area contributed by atoms with Crippen molar-refractivity contribution >= 4 is 0 Å². The topological polar surface area (TPSA) is 78.0 Å². The lowest BCUT2D eigenvalue weighted by molar-refractivity contribution is 0.275. The Bertz CT molecular complexity index is 1210. The summed E-state index contributed by atoms with van der Waals surface area (Å²) in [6.07, 6.45) is 2.25. The second-order valence-electron chi connectivity index (χ2n) is 7.17. The van der Waals surface area contributed by atoms with Crippen molar-refractivity contribution in [2.24, 2.45) is 14.1 Å². The van der Waals surface area contributed by atoms with Gasteiger partial charge in [-0.3, -0.25) is 14.3 Å². The van der Waals surface area contributed by atoms with E-state index in [9.17, 15) is 9.59 Å². The Kier molecular flexibility index (Phi) is 5.14. The van der Waals surface area contributed by atoms with Crippen LogP contribution in [-0.4, -0.2) is 41.9 Å². The average molecular weight is 390 g/mol. The Balaban J connectivity index is 1.60. The monoisotopic (exact) mass is 390 g/mol. The molecule has 0 saturated carbocycles. The zero-order valence-electron chi connectivity index (χ0n) is 16.5. The van der Waals surface area contributed by atoms with Gasteiger partial charge in [0.2, 0.25) is 5.82 Å². The molecule has 3 heterocycles. The maximum atomic E-state index is 13.1. The van der Waals surface area contributed by atoms with E-state index < -0.39 is 0 Å². The van der Waals surface area contributed by atoms with E-state index in [1.54, 1.807) is 22.5 Å². The fourth-order valence-electron chi connectivity index (χ4n) is 3.58. The molecule has 8 nitrogen and oxygen atoms in total. The summed E-state index contributed by atoms with van der Waals surface area (Å²) in [5, 5.41) is 7.76. The first-order chi connectivity index (χ1) is 14.0. The lowest BCUT2D eigenvalue weighted by atomic mass is 10.1. The number of aryl methyl sites for hydroxylation is 1. The minimum atomic E-state index is -0.270. The largest absolute Gasteiger partial charge is 0.331 e. The fraction of sp³-hybridized carbons (Fsp3) is 0.333. The summed E-state index contributed by atoms with van der Waals surface area (Å²) in [6.45, 7) is 2.01. The Morgan fingerprint density at radius 2 is 1.93 bits per heavy atom. The van der Waals surface area contributed by atoms with Gasteiger partial charge in [0, 0.05) is 39.3 Å². The molecule has 0 N–H and O–H groups in total. The molecule has 0 aliphatic carbocycles. The van der Waals surface area contributed by atoms with Gasteiger partial charge in [0.15, 0.2) is 0 Å². The van der Waals surface area contributed by atoms with Crippen molar-refractivity contribution in [2.75, 3.05) is 13.1 Å². The van der Waals surface area contributed by atoms with E-state index in [1.807, 2.05) is 37.4 Å². The molecular weight excluding hydrogens is 368 g/mol. The van der Waals surface area contributed by atoms with Crippen LogP contribution in [0.1, 0.15) is 22.6 Å². The smallest absolute Gasteiger partial charge is 0.310 e. The van der Waals surface area contributed by atoms with Crippen molar-refractivity contribution in [1.29, 1.82) is 0 Å². The number of nitrogens with zero attached hydrogens (tertiary/aromatic N) is 6.